The molecule has 5 atom stereocenters. The smallest absolute Gasteiger partial charge is 0.303 e. The number of hydrogen-bond donors (Lipinski definition) is 0. The van der Waals surface area contributed by atoms with E-state index in [-0.39, 0.29) is 12.1 Å². The van der Waals surface area contributed by atoms with Crippen LogP contribution in [-0.2, 0) is 47.6 Å². The number of esters is 4. The van der Waals surface area contributed by atoms with E-state index in [1.165, 1.54) is 6.92 Å². The fourth-order valence-corrected chi connectivity index (χ4v) is 2.65. The van der Waals surface area contributed by atoms with Gasteiger partial charge in [-0.2, -0.15) is 0 Å². The highest BCUT2D eigenvalue weighted by atomic mass is 79.9. The summed E-state index contributed by atoms with van der Waals surface area (Å²) in [6, 6.07) is 0. The zero-order valence-electron chi connectivity index (χ0n) is 14.8. The maximum Gasteiger partial charge on any atom is 0.303 e. The number of carbonyl (C=O) groups excluding carboxylic acids is 4. The van der Waals surface area contributed by atoms with Gasteiger partial charge in [-0.05, 0) is 0 Å². The summed E-state index contributed by atoms with van der Waals surface area (Å²) < 4.78 is 31.5. The molecule has 1 rings (SSSR count). The van der Waals surface area contributed by atoms with Gasteiger partial charge < -0.3 is 28.4 Å². The largest absolute Gasteiger partial charge is 0.463 e. The lowest BCUT2D eigenvalue weighted by molar-refractivity contribution is -0.303. The van der Waals surface area contributed by atoms with Gasteiger partial charge in [0.25, 0.3) is 0 Å². The molecule has 0 unspecified atom stereocenters. The van der Waals surface area contributed by atoms with Crippen molar-refractivity contribution in [2.75, 3.05) is 12.1 Å². The van der Waals surface area contributed by atoms with Crippen LogP contribution in [0.4, 0.5) is 0 Å². The van der Waals surface area contributed by atoms with Crippen LogP contribution in [0.5, 0.6) is 0 Å². The molecule has 1 heterocycles. The predicted molar refractivity (Wildman–Crippen MR) is 86.8 cm³/mol. The Labute approximate surface area is 158 Å². The van der Waals surface area contributed by atoms with Gasteiger partial charge in [-0.25, -0.2) is 0 Å². The standard InChI is InChI=1S/C15H21BrO10/c1-7(17)21-5-11-12(23-8(2)18)13(24-9(3)19)14(25-10(4)20)15(26-11)22-6-16/h11-15H,5-6H2,1-4H3/t11-,12-,13+,14-,15-/m1/s1. The van der Waals surface area contributed by atoms with Gasteiger partial charge in [0.2, 0.25) is 0 Å². The maximum atomic E-state index is 11.5. The molecule has 26 heavy (non-hydrogen) atoms. The van der Waals surface area contributed by atoms with Crippen molar-refractivity contribution < 1.29 is 47.6 Å². The first-order valence-electron chi connectivity index (χ1n) is 7.63. The molecule has 1 aliphatic rings. The molecule has 148 valence electrons. The van der Waals surface area contributed by atoms with Crippen LogP contribution in [0.1, 0.15) is 27.7 Å². The lowest BCUT2D eigenvalue weighted by atomic mass is 9.98. The summed E-state index contributed by atoms with van der Waals surface area (Å²) in [5.74, 6) is -2.65. The van der Waals surface area contributed by atoms with E-state index in [4.69, 9.17) is 28.4 Å². The number of ether oxygens (including phenoxy) is 6. The molecule has 10 nitrogen and oxygen atoms in total. The molecule has 0 aromatic rings. The normalized spacial score (nSPS) is 28.0. The Balaban J connectivity index is 3.22. The average Bonchev–Trinajstić information content (AvgIpc) is 2.50. The van der Waals surface area contributed by atoms with Crippen LogP contribution in [0.15, 0.2) is 0 Å². The van der Waals surface area contributed by atoms with Crippen molar-refractivity contribution >= 4 is 39.8 Å². The molecule has 0 saturated carbocycles. The summed E-state index contributed by atoms with van der Waals surface area (Å²) in [6.07, 6.45) is -5.78. The van der Waals surface area contributed by atoms with Crippen LogP contribution < -0.4 is 0 Å². The van der Waals surface area contributed by atoms with Crippen LogP contribution in [0.3, 0.4) is 0 Å². The van der Waals surface area contributed by atoms with Crippen LogP contribution >= 0.6 is 15.9 Å². The minimum absolute atomic E-state index is 0.0146. The lowest BCUT2D eigenvalue weighted by Crippen LogP contribution is -2.62. The Hall–Kier alpha value is -1.72. The van der Waals surface area contributed by atoms with Gasteiger partial charge >= 0.3 is 23.9 Å². The Kier molecular flexibility index (Phi) is 8.96. The van der Waals surface area contributed by atoms with Gasteiger partial charge in [-0.15, -0.1) is 0 Å². The van der Waals surface area contributed by atoms with E-state index < -0.39 is 54.6 Å². The third kappa shape index (κ3) is 6.89. The molecule has 0 N–H and O–H groups in total. The first-order chi connectivity index (χ1) is 12.1. The second-order valence-corrected chi connectivity index (χ2v) is 5.80. The first kappa shape index (κ1) is 22.3. The topological polar surface area (TPSA) is 124 Å². The highest BCUT2D eigenvalue weighted by molar-refractivity contribution is 9.09. The summed E-state index contributed by atoms with van der Waals surface area (Å²) in [7, 11) is 0. The average molecular weight is 441 g/mol. The molecular weight excluding hydrogens is 420 g/mol. The number of alkyl halides is 1. The monoisotopic (exact) mass is 440 g/mol. The lowest BCUT2D eigenvalue weighted by Gasteiger charge is -2.43. The zero-order chi connectivity index (χ0) is 19.9. The Morgan fingerprint density at radius 2 is 1.31 bits per heavy atom. The number of halogens is 1. The van der Waals surface area contributed by atoms with E-state index in [0.29, 0.717) is 0 Å². The highest BCUT2D eigenvalue weighted by Crippen LogP contribution is 2.30. The summed E-state index contributed by atoms with van der Waals surface area (Å²) >= 11 is 3.07. The van der Waals surface area contributed by atoms with Gasteiger partial charge in [0.05, 0.1) is 0 Å². The second-order valence-electron chi connectivity index (χ2n) is 5.34. The van der Waals surface area contributed by atoms with Crippen molar-refractivity contribution in [1.29, 1.82) is 0 Å². The van der Waals surface area contributed by atoms with Crippen molar-refractivity contribution in [2.45, 2.75) is 58.4 Å². The van der Waals surface area contributed by atoms with Crippen LogP contribution in [0, 0.1) is 0 Å². The van der Waals surface area contributed by atoms with E-state index in [9.17, 15) is 19.2 Å². The fraction of sp³-hybridized carbons (Fsp3) is 0.733. The van der Waals surface area contributed by atoms with Gasteiger partial charge in [0, 0.05) is 27.7 Å². The quantitative estimate of drug-likeness (QED) is 0.312. The number of carbonyl (C=O) groups is 4. The van der Waals surface area contributed by atoms with Gasteiger partial charge in [-0.3, -0.25) is 19.2 Å². The Bertz CT molecular complexity index is 537. The molecule has 0 spiro atoms. The molecule has 0 aromatic carbocycles. The summed E-state index contributed by atoms with van der Waals surface area (Å²) in [4.78, 5) is 45.6. The summed E-state index contributed by atoms with van der Waals surface area (Å²) in [5, 5.41) is 0. The van der Waals surface area contributed by atoms with Crippen molar-refractivity contribution in [1.82, 2.24) is 0 Å². The Morgan fingerprint density at radius 1 is 0.808 bits per heavy atom. The summed E-state index contributed by atoms with van der Waals surface area (Å²) in [5.41, 5.74) is 0.0146. The Morgan fingerprint density at radius 3 is 1.77 bits per heavy atom. The minimum Gasteiger partial charge on any atom is -0.463 e. The van der Waals surface area contributed by atoms with E-state index in [0.717, 1.165) is 20.8 Å². The minimum atomic E-state index is -1.22. The van der Waals surface area contributed by atoms with Crippen molar-refractivity contribution in [3.63, 3.8) is 0 Å². The second kappa shape index (κ2) is 10.4. The molecule has 0 amide bonds. The van der Waals surface area contributed by atoms with Crippen LogP contribution in [0.2, 0.25) is 0 Å². The van der Waals surface area contributed by atoms with Crippen LogP contribution in [0.25, 0.3) is 0 Å². The highest BCUT2D eigenvalue weighted by Gasteiger charge is 2.52. The number of hydrogen-bond acceptors (Lipinski definition) is 10. The molecule has 0 radical (unpaired) electrons. The van der Waals surface area contributed by atoms with Crippen molar-refractivity contribution in [3.05, 3.63) is 0 Å². The SMILES string of the molecule is CC(=O)OC[C@H]1O[C@@H](OCBr)[C@H](OC(C)=O)[C@@H](OC(C)=O)[C@@H]1OC(C)=O. The summed E-state index contributed by atoms with van der Waals surface area (Å²) in [6.45, 7) is 4.35. The van der Waals surface area contributed by atoms with Crippen molar-refractivity contribution in [3.8, 4) is 0 Å². The molecule has 0 aromatic heterocycles. The maximum absolute atomic E-state index is 11.5. The first-order valence-corrected chi connectivity index (χ1v) is 8.75. The third-order valence-corrected chi connectivity index (χ3v) is 3.44. The van der Waals surface area contributed by atoms with E-state index >= 15 is 0 Å². The molecule has 1 fully saturated rings. The molecule has 0 bridgehead atoms. The van der Waals surface area contributed by atoms with Gasteiger partial charge in [0.15, 0.2) is 24.6 Å². The van der Waals surface area contributed by atoms with E-state index in [1.807, 2.05) is 0 Å². The molecule has 1 aliphatic heterocycles. The zero-order valence-corrected chi connectivity index (χ0v) is 16.3. The van der Waals surface area contributed by atoms with Gasteiger partial charge in [-0.1, -0.05) is 15.9 Å². The van der Waals surface area contributed by atoms with Gasteiger partial charge in [0.1, 0.15) is 18.2 Å². The molecular formula is C15H21BrO10. The molecule has 11 heteroatoms. The van der Waals surface area contributed by atoms with Crippen molar-refractivity contribution in [2.24, 2.45) is 0 Å². The third-order valence-electron chi connectivity index (χ3n) is 3.18. The number of rotatable bonds is 7. The predicted octanol–water partition coefficient (Wildman–Crippen LogP) is 0.438. The van der Waals surface area contributed by atoms with E-state index in [2.05, 4.69) is 15.9 Å². The fourth-order valence-electron chi connectivity index (χ4n) is 2.38. The molecule has 0 aliphatic carbocycles. The molecule has 1 saturated heterocycles. The van der Waals surface area contributed by atoms with E-state index in [1.54, 1.807) is 0 Å². The van der Waals surface area contributed by atoms with Crippen LogP contribution in [-0.4, -0.2) is 66.7 Å².